The Kier molecular flexibility index (Phi) is 1.91. The molecule has 12 heavy (non-hydrogen) atoms. The third-order valence-electron chi connectivity index (χ3n) is 2.84. The van der Waals surface area contributed by atoms with Crippen molar-refractivity contribution >= 4 is 7.85 Å². The quantitative estimate of drug-likeness (QED) is 0.443. The van der Waals surface area contributed by atoms with Crippen LogP contribution in [0, 0.1) is 0 Å². The second-order valence-electron chi connectivity index (χ2n) is 3.58. The van der Waals surface area contributed by atoms with E-state index >= 15 is 0 Å². The first kappa shape index (κ1) is 8.50. The molecule has 4 atom stereocenters. The van der Waals surface area contributed by atoms with E-state index in [1.165, 1.54) is 0 Å². The monoisotopic (exact) mass is 172 g/mol. The van der Waals surface area contributed by atoms with E-state index in [9.17, 15) is 5.11 Å². The van der Waals surface area contributed by atoms with Crippen molar-refractivity contribution in [3.8, 4) is 0 Å². The van der Waals surface area contributed by atoms with E-state index in [2.05, 4.69) is 0 Å². The molecule has 0 unspecified atom stereocenters. The minimum atomic E-state index is -0.748. The molecular formula is C7H13BO4. The first-order valence-corrected chi connectivity index (χ1v) is 4.28. The average molecular weight is 172 g/mol. The second-order valence-corrected chi connectivity index (χ2v) is 3.58. The highest BCUT2D eigenvalue weighted by atomic mass is 16.6. The van der Waals surface area contributed by atoms with Crippen LogP contribution < -0.4 is 0 Å². The van der Waals surface area contributed by atoms with E-state index in [4.69, 9.17) is 14.6 Å². The van der Waals surface area contributed by atoms with Gasteiger partial charge in [0, 0.05) is 6.42 Å². The Bertz CT molecular complexity index is 188. The zero-order valence-corrected chi connectivity index (χ0v) is 7.06. The topological polar surface area (TPSA) is 58.9 Å². The molecule has 0 spiro atoms. The Hall–Kier alpha value is -0.0951. The Morgan fingerprint density at radius 1 is 1.58 bits per heavy atom. The van der Waals surface area contributed by atoms with Crippen molar-refractivity contribution in [2.75, 3.05) is 13.2 Å². The lowest BCUT2D eigenvalue weighted by Gasteiger charge is -2.34. The number of hydrogen-bond donors (Lipinski definition) is 2. The van der Waals surface area contributed by atoms with Crippen molar-refractivity contribution in [1.29, 1.82) is 0 Å². The van der Waals surface area contributed by atoms with Gasteiger partial charge in [-0.05, 0) is 0 Å². The normalized spacial score (nSPS) is 52.7. The zero-order valence-electron chi connectivity index (χ0n) is 7.06. The van der Waals surface area contributed by atoms with Crippen LogP contribution in [0.25, 0.3) is 0 Å². The molecule has 2 aliphatic heterocycles. The summed E-state index contributed by atoms with van der Waals surface area (Å²) in [6, 6.07) is -0.116. The minimum absolute atomic E-state index is 0.116. The van der Waals surface area contributed by atoms with E-state index in [0.717, 1.165) is 0 Å². The summed E-state index contributed by atoms with van der Waals surface area (Å²) in [4.78, 5) is 0. The predicted octanol–water partition coefficient (Wildman–Crippen LogP) is -2.14. The van der Waals surface area contributed by atoms with Crippen LogP contribution in [-0.4, -0.2) is 55.1 Å². The Balaban J connectivity index is 2.24. The van der Waals surface area contributed by atoms with E-state index < -0.39 is 11.7 Å². The lowest BCUT2D eigenvalue weighted by atomic mass is 9.86. The summed E-state index contributed by atoms with van der Waals surface area (Å²) in [6.45, 7) is 0.436. The van der Waals surface area contributed by atoms with Crippen LogP contribution in [0.4, 0.5) is 0 Å². The summed E-state index contributed by atoms with van der Waals surface area (Å²) in [5.74, 6) is 0. The number of rotatable bonds is 1. The van der Waals surface area contributed by atoms with Gasteiger partial charge in [-0.25, -0.2) is 0 Å². The fraction of sp³-hybridized carbons (Fsp3) is 1.00. The fourth-order valence-electron chi connectivity index (χ4n) is 2.07. The Labute approximate surface area is 71.9 Å². The SMILES string of the molecule is B[C@@H]1O[C@@]2(CO)CCO[C@@H]1[C@@H]2O. The summed E-state index contributed by atoms with van der Waals surface area (Å²) in [5, 5.41) is 18.8. The van der Waals surface area contributed by atoms with Gasteiger partial charge in [-0.15, -0.1) is 0 Å². The molecule has 4 nitrogen and oxygen atoms in total. The molecule has 0 aromatic heterocycles. The molecule has 0 aliphatic carbocycles. The molecule has 0 aromatic carbocycles. The van der Waals surface area contributed by atoms with Crippen molar-refractivity contribution < 1.29 is 19.7 Å². The molecule has 68 valence electrons. The van der Waals surface area contributed by atoms with Gasteiger partial charge >= 0.3 is 0 Å². The minimum Gasteiger partial charge on any atom is -0.393 e. The molecule has 5 heteroatoms. The smallest absolute Gasteiger partial charge is 0.142 e. The van der Waals surface area contributed by atoms with Crippen LogP contribution >= 0.6 is 0 Å². The lowest BCUT2D eigenvalue weighted by Crippen LogP contribution is -2.51. The van der Waals surface area contributed by atoms with Crippen molar-refractivity contribution in [2.45, 2.75) is 30.2 Å². The van der Waals surface area contributed by atoms with Gasteiger partial charge in [0.25, 0.3) is 0 Å². The van der Waals surface area contributed by atoms with E-state index in [-0.39, 0.29) is 18.7 Å². The number of aliphatic hydroxyl groups is 2. The van der Waals surface area contributed by atoms with E-state index in [1.807, 2.05) is 7.85 Å². The summed E-state index contributed by atoms with van der Waals surface area (Å²) in [6.07, 6.45) is -0.358. The molecule has 2 N–H and O–H groups in total. The van der Waals surface area contributed by atoms with Crippen LogP contribution in [-0.2, 0) is 9.47 Å². The molecule has 2 rings (SSSR count). The number of aliphatic hydroxyl groups excluding tert-OH is 2. The summed E-state index contributed by atoms with van der Waals surface area (Å²) in [7, 11) is 1.86. The van der Waals surface area contributed by atoms with Crippen LogP contribution in [0.5, 0.6) is 0 Å². The summed E-state index contributed by atoms with van der Waals surface area (Å²) >= 11 is 0. The lowest BCUT2D eigenvalue weighted by molar-refractivity contribution is -0.138. The maximum absolute atomic E-state index is 9.72. The first-order chi connectivity index (χ1) is 5.69. The highest BCUT2D eigenvalue weighted by molar-refractivity contribution is 6.11. The predicted molar refractivity (Wildman–Crippen MR) is 43.6 cm³/mol. The van der Waals surface area contributed by atoms with Crippen LogP contribution in [0.15, 0.2) is 0 Å². The van der Waals surface area contributed by atoms with Crippen molar-refractivity contribution in [2.24, 2.45) is 0 Å². The third kappa shape index (κ3) is 0.940. The maximum Gasteiger partial charge on any atom is 0.142 e. The molecule has 0 saturated carbocycles. The van der Waals surface area contributed by atoms with Gasteiger partial charge in [0.15, 0.2) is 0 Å². The highest BCUT2D eigenvalue weighted by Crippen LogP contribution is 2.38. The highest BCUT2D eigenvalue weighted by Gasteiger charge is 2.55. The standard InChI is InChI=1S/C7H13BO4/c8-6-4-5(10)7(3-9,12-6)1-2-11-4/h4-6,9-10H,1-3,8H2/t4-,5+,6-,7-/m1/s1. The molecule has 0 amide bonds. The fourth-order valence-corrected chi connectivity index (χ4v) is 2.07. The second kappa shape index (κ2) is 2.70. The van der Waals surface area contributed by atoms with Crippen LogP contribution in [0.3, 0.4) is 0 Å². The van der Waals surface area contributed by atoms with E-state index in [1.54, 1.807) is 0 Å². The molecule has 2 fully saturated rings. The molecule has 2 bridgehead atoms. The van der Waals surface area contributed by atoms with Gasteiger partial charge in [0.05, 0.1) is 19.2 Å². The van der Waals surface area contributed by atoms with Gasteiger partial charge in [-0.3, -0.25) is 0 Å². The molecule has 0 aromatic rings. The van der Waals surface area contributed by atoms with Gasteiger partial charge in [0.2, 0.25) is 0 Å². The van der Waals surface area contributed by atoms with Crippen molar-refractivity contribution in [3.63, 3.8) is 0 Å². The molecule has 2 saturated heterocycles. The third-order valence-corrected chi connectivity index (χ3v) is 2.84. The average Bonchev–Trinajstić information content (AvgIpc) is 2.23. The van der Waals surface area contributed by atoms with Gasteiger partial charge < -0.3 is 19.7 Å². The Morgan fingerprint density at radius 2 is 2.33 bits per heavy atom. The zero-order chi connectivity index (χ0) is 8.77. The van der Waals surface area contributed by atoms with Crippen LogP contribution in [0.2, 0.25) is 0 Å². The maximum atomic E-state index is 9.72. The molecule has 2 heterocycles. The van der Waals surface area contributed by atoms with Crippen LogP contribution in [0.1, 0.15) is 6.42 Å². The van der Waals surface area contributed by atoms with Crippen molar-refractivity contribution in [3.05, 3.63) is 0 Å². The molecule has 0 radical (unpaired) electrons. The number of ether oxygens (including phenoxy) is 2. The van der Waals surface area contributed by atoms with Gasteiger partial charge in [0.1, 0.15) is 25.7 Å². The number of fused-ring (bicyclic) bond motifs is 2. The largest absolute Gasteiger partial charge is 0.393 e. The van der Waals surface area contributed by atoms with Gasteiger partial charge in [-0.2, -0.15) is 0 Å². The number of hydrogen-bond acceptors (Lipinski definition) is 4. The summed E-state index contributed by atoms with van der Waals surface area (Å²) in [5.41, 5.74) is -0.748. The molecular weight excluding hydrogens is 159 g/mol. The van der Waals surface area contributed by atoms with E-state index in [0.29, 0.717) is 13.0 Å². The van der Waals surface area contributed by atoms with Crippen molar-refractivity contribution in [1.82, 2.24) is 0 Å². The van der Waals surface area contributed by atoms with Gasteiger partial charge in [-0.1, -0.05) is 0 Å². The first-order valence-electron chi connectivity index (χ1n) is 4.28. The molecule has 2 aliphatic rings. The Morgan fingerprint density at radius 3 is 2.92 bits per heavy atom. The summed E-state index contributed by atoms with van der Waals surface area (Å²) < 4.78 is 10.8.